The van der Waals surface area contributed by atoms with Gasteiger partial charge < -0.3 is 19.5 Å². The third kappa shape index (κ3) is 6.74. The zero-order valence-corrected chi connectivity index (χ0v) is 22.2. The Balaban J connectivity index is 1.35. The van der Waals surface area contributed by atoms with E-state index in [0.717, 1.165) is 28.6 Å². The fraction of sp³-hybridized carbons (Fsp3) is 0.207. The van der Waals surface area contributed by atoms with E-state index in [-0.39, 0.29) is 36.8 Å². The molecule has 1 saturated heterocycles. The van der Waals surface area contributed by atoms with Gasteiger partial charge in [-0.25, -0.2) is 0 Å². The second-order valence-electron chi connectivity index (χ2n) is 8.56. The van der Waals surface area contributed by atoms with E-state index in [9.17, 15) is 14.4 Å². The maximum Gasteiger partial charge on any atom is 0.293 e. The summed E-state index contributed by atoms with van der Waals surface area (Å²) >= 11 is 0.877. The molecule has 1 aliphatic rings. The van der Waals surface area contributed by atoms with Crippen molar-refractivity contribution in [2.24, 2.45) is 0 Å². The van der Waals surface area contributed by atoms with Crippen molar-refractivity contribution >= 4 is 40.6 Å². The van der Waals surface area contributed by atoms with Gasteiger partial charge in [0.2, 0.25) is 0 Å². The van der Waals surface area contributed by atoms with E-state index in [1.165, 1.54) is 12.0 Å². The third-order valence-corrected chi connectivity index (χ3v) is 6.65. The summed E-state index contributed by atoms with van der Waals surface area (Å²) in [7, 11) is 1.49. The molecule has 1 N–H and O–H groups in total. The van der Waals surface area contributed by atoms with Gasteiger partial charge in [-0.1, -0.05) is 42.0 Å². The molecule has 3 amide bonds. The molecule has 0 spiro atoms. The topological polar surface area (TPSA) is 94.2 Å². The van der Waals surface area contributed by atoms with Crippen molar-refractivity contribution in [2.45, 2.75) is 13.8 Å². The average molecular weight is 533 g/mol. The summed E-state index contributed by atoms with van der Waals surface area (Å²) in [6.45, 7) is 4.04. The predicted molar refractivity (Wildman–Crippen MR) is 148 cm³/mol. The van der Waals surface area contributed by atoms with E-state index in [4.69, 9.17) is 14.2 Å². The van der Waals surface area contributed by atoms with Crippen molar-refractivity contribution in [2.75, 3.05) is 32.2 Å². The van der Waals surface area contributed by atoms with Crippen LogP contribution in [0.5, 0.6) is 17.2 Å². The summed E-state index contributed by atoms with van der Waals surface area (Å²) in [6.07, 6.45) is 1.63. The van der Waals surface area contributed by atoms with E-state index in [1.807, 2.05) is 62.4 Å². The molecule has 4 rings (SSSR count). The van der Waals surface area contributed by atoms with Crippen molar-refractivity contribution in [3.63, 3.8) is 0 Å². The van der Waals surface area contributed by atoms with Crippen LogP contribution in [-0.4, -0.2) is 48.8 Å². The van der Waals surface area contributed by atoms with Gasteiger partial charge in [-0.2, -0.15) is 0 Å². The highest BCUT2D eigenvalue weighted by atomic mass is 32.2. The van der Waals surface area contributed by atoms with E-state index in [0.29, 0.717) is 27.7 Å². The molecule has 9 heteroatoms. The van der Waals surface area contributed by atoms with Gasteiger partial charge >= 0.3 is 0 Å². The standard InChI is InChI=1S/C29H28N2O6S/c1-19-8-11-22(12-9-19)36-15-14-31-28(33)26(38-29(31)34)17-21-10-13-24(25(16-21)35-3)37-18-27(32)30-23-7-5-4-6-20(23)2/h4-13,16-17H,14-15,18H2,1-3H3,(H,30,32)/b26-17-. The van der Waals surface area contributed by atoms with Crippen molar-refractivity contribution in [1.29, 1.82) is 0 Å². The largest absolute Gasteiger partial charge is 0.493 e. The molecule has 8 nitrogen and oxygen atoms in total. The normalized spacial score (nSPS) is 14.1. The molecule has 0 atom stereocenters. The summed E-state index contributed by atoms with van der Waals surface area (Å²) in [4.78, 5) is 39.1. The first-order valence-corrected chi connectivity index (χ1v) is 12.8. The minimum Gasteiger partial charge on any atom is -0.493 e. The molecule has 0 aromatic heterocycles. The molecule has 0 radical (unpaired) electrons. The monoisotopic (exact) mass is 532 g/mol. The Morgan fingerprint density at radius 2 is 1.74 bits per heavy atom. The van der Waals surface area contributed by atoms with Gasteiger partial charge in [0.25, 0.3) is 17.1 Å². The van der Waals surface area contributed by atoms with Gasteiger partial charge in [-0.3, -0.25) is 19.3 Å². The quantitative estimate of drug-likeness (QED) is 0.347. The maximum absolute atomic E-state index is 12.8. The summed E-state index contributed by atoms with van der Waals surface area (Å²) in [5, 5.41) is 2.47. The van der Waals surface area contributed by atoms with E-state index in [2.05, 4.69) is 5.32 Å². The minimum absolute atomic E-state index is 0.149. The highest BCUT2D eigenvalue weighted by molar-refractivity contribution is 8.18. The minimum atomic E-state index is -0.375. The van der Waals surface area contributed by atoms with Crippen molar-refractivity contribution in [3.05, 3.63) is 88.3 Å². The van der Waals surface area contributed by atoms with Crippen LogP contribution in [0.1, 0.15) is 16.7 Å². The van der Waals surface area contributed by atoms with E-state index in [1.54, 1.807) is 24.3 Å². The van der Waals surface area contributed by atoms with Gasteiger partial charge in [0, 0.05) is 5.69 Å². The third-order valence-electron chi connectivity index (χ3n) is 5.74. The Morgan fingerprint density at radius 1 is 0.974 bits per heavy atom. The molecule has 3 aromatic rings. The summed E-state index contributed by atoms with van der Waals surface area (Å²) in [5.41, 5.74) is 3.44. The number of imide groups is 1. The van der Waals surface area contributed by atoms with Crippen LogP contribution >= 0.6 is 11.8 Å². The van der Waals surface area contributed by atoms with Crippen LogP contribution in [0.15, 0.2) is 71.6 Å². The Morgan fingerprint density at radius 3 is 2.47 bits per heavy atom. The molecular weight excluding hydrogens is 504 g/mol. The molecule has 1 heterocycles. The molecule has 0 bridgehead atoms. The Labute approximate surface area is 225 Å². The van der Waals surface area contributed by atoms with Gasteiger partial charge in [0.05, 0.1) is 18.6 Å². The van der Waals surface area contributed by atoms with Gasteiger partial charge in [-0.15, -0.1) is 0 Å². The summed E-state index contributed by atoms with van der Waals surface area (Å²) in [5.74, 6) is 0.782. The number of amides is 3. The predicted octanol–water partition coefficient (Wildman–Crippen LogP) is 5.44. The van der Waals surface area contributed by atoms with Crippen molar-refractivity contribution in [3.8, 4) is 17.2 Å². The smallest absolute Gasteiger partial charge is 0.293 e. The number of carbonyl (C=O) groups excluding carboxylic acids is 3. The lowest BCUT2D eigenvalue weighted by Crippen LogP contribution is -2.32. The highest BCUT2D eigenvalue weighted by Crippen LogP contribution is 2.34. The number of para-hydroxylation sites is 1. The number of hydrogen-bond donors (Lipinski definition) is 1. The Bertz CT molecular complexity index is 1370. The average Bonchev–Trinajstić information content (AvgIpc) is 3.17. The molecule has 1 fully saturated rings. The van der Waals surface area contributed by atoms with Crippen LogP contribution in [0, 0.1) is 13.8 Å². The van der Waals surface area contributed by atoms with Gasteiger partial charge in [-0.05, 0) is 73.1 Å². The van der Waals surface area contributed by atoms with Crippen LogP contribution in [0.25, 0.3) is 6.08 Å². The maximum atomic E-state index is 12.8. The van der Waals surface area contributed by atoms with Gasteiger partial charge in [0.1, 0.15) is 12.4 Å². The molecular formula is C29H28N2O6S. The zero-order valence-electron chi connectivity index (χ0n) is 21.4. The van der Waals surface area contributed by atoms with Crippen LogP contribution in [0.2, 0.25) is 0 Å². The van der Waals surface area contributed by atoms with E-state index >= 15 is 0 Å². The number of carbonyl (C=O) groups is 3. The number of aryl methyl sites for hydroxylation is 2. The Hall–Kier alpha value is -4.24. The molecule has 3 aromatic carbocycles. The second kappa shape index (κ2) is 12.3. The fourth-order valence-corrected chi connectivity index (χ4v) is 4.53. The number of thioether (sulfide) groups is 1. The number of rotatable bonds is 10. The number of nitrogens with zero attached hydrogens (tertiary/aromatic N) is 1. The molecule has 196 valence electrons. The first-order valence-electron chi connectivity index (χ1n) is 11.9. The number of nitrogens with one attached hydrogen (secondary N) is 1. The summed E-state index contributed by atoms with van der Waals surface area (Å²) in [6, 6.07) is 20.1. The highest BCUT2D eigenvalue weighted by Gasteiger charge is 2.34. The number of benzene rings is 3. The van der Waals surface area contributed by atoms with Crippen molar-refractivity contribution < 1.29 is 28.6 Å². The number of ether oxygens (including phenoxy) is 3. The van der Waals surface area contributed by atoms with Crippen LogP contribution < -0.4 is 19.5 Å². The molecule has 0 aliphatic carbocycles. The first-order chi connectivity index (χ1) is 18.3. The SMILES string of the molecule is COc1cc(/C=C2\SC(=O)N(CCOc3ccc(C)cc3)C2=O)ccc1OCC(=O)Nc1ccccc1C. The van der Waals surface area contributed by atoms with Gasteiger partial charge in [0.15, 0.2) is 18.1 Å². The molecule has 38 heavy (non-hydrogen) atoms. The second-order valence-corrected chi connectivity index (χ2v) is 9.55. The molecule has 0 unspecified atom stereocenters. The van der Waals surface area contributed by atoms with Crippen LogP contribution in [0.4, 0.5) is 10.5 Å². The number of methoxy groups -OCH3 is 1. The lowest BCUT2D eigenvalue weighted by Gasteiger charge is -2.13. The van der Waals surface area contributed by atoms with E-state index < -0.39 is 0 Å². The number of anilines is 1. The fourth-order valence-electron chi connectivity index (χ4n) is 3.67. The van der Waals surface area contributed by atoms with Crippen molar-refractivity contribution in [1.82, 2.24) is 4.90 Å². The lowest BCUT2D eigenvalue weighted by molar-refractivity contribution is -0.123. The van der Waals surface area contributed by atoms with Crippen LogP contribution in [-0.2, 0) is 9.59 Å². The molecule has 1 aliphatic heterocycles. The van der Waals surface area contributed by atoms with Crippen LogP contribution in [0.3, 0.4) is 0 Å². The number of hydrogen-bond acceptors (Lipinski definition) is 7. The Kier molecular flexibility index (Phi) is 8.70. The zero-order chi connectivity index (χ0) is 27.1. The lowest BCUT2D eigenvalue weighted by atomic mass is 10.2. The molecule has 0 saturated carbocycles. The first kappa shape index (κ1) is 26.8. The summed E-state index contributed by atoms with van der Waals surface area (Å²) < 4.78 is 16.7.